The largest absolute Gasteiger partial charge is 0.394 e. The molecular weight excluding hydrogens is 433 g/mol. The average molecular weight is 455 g/mol. The number of ether oxygens (including phenoxy) is 1. The number of halogens is 1. The molecule has 0 spiro atoms. The number of anilines is 1. The quantitative estimate of drug-likeness (QED) is 0.420. The van der Waals surface area contributed by atoms with Gasteiger partial charge in [0.2, 0.25) is 11.5 Å². The summed E-state index contributed by atoms with van der Waals surface area (Å²) in [6.45, 7) is 1.14. The monoisotopic (exact) mass is 455 g/mol. The van der Waals surface area contributed by atoms with Gasteiger partial charge in [-0.15, -0.1) is 0 Å². The molecule has 3 heterocycles. The number of aliphatic hydroxyl groups excluding tert-OH is 3. The highest BCUT2D eigenvalue weighted by Crippen LogP contribution is 2.40. The molecule has 4 N–H and O–H groups in total. The van der Waals surface area contributed by atoms with Crippen molar-refractivity contribution in [3.8, 4) is 6.07 Å². The van der Waals surface area contributed by atoms with Gasteiger partial charge in [-0.1, -0.05) is 19.1 Å². The third-order valence-electron chi connectivity index (χ3n) is 5.78. The lowest BCUT2D eigenvalue weighted by atomic mass is 9.92. The molecule has 172 valence electrons. The second kappa shape index (κ2) is 8.84. The van der Waals surface area contributed by atoms with E-state index in [-0.39, 0.29) is 23.2 Å². The molecule has 1 fully saturated rings. The Hall–Kier alpha value is -3.43. The molecule has 1 amide bonds. The molecule has 0 unspecified atom stereocenters. The second-order valence-corrected chi connectivity index (χ2v) is 7.97. The lowest BCUT2D eigenvalue weighted by Gasteiger charge is -2.24. The number of carbonyl (C=O) groups excluding carboxylic acids is 1. The van der Waals surface area contributed by atoms with Crippen molar-refractivity contribution in [3.05, 3.63) is 59.8 Å². The average Bonchev–Trinajstić information content (AvgIpc) is 3.36. The van der Waals surface area contributed by atoms with Crippen LogP contribution in [0.1, 0.15) is 18.2 Å². The molecule has 2 aromatic heterocycles. The molecule has 0 saturated carbocycles. The van der Waals surface area contributed by atoms with Crippen molar-refractivity contribution in [2.24, 2.45) is 5.92 Å². The highest BCUT2D eigenvalue weighted by molar-refractivity contribution is 5.95. The Labute approximate surface area is 187 Å². The number of nitriles is 1. The number of aliphatic hydroxyl groups is 3. The van der Waals surface area contributed by atoms with Crippen LogP contribution in [0.25, 0.3) is 5.52 Å². The number of hydrogen-bond donors (Lipinski definition) is 4. The molecule has 5 atom stereocenters. The van der Waals surface area contributed by atoms with Crippen molar-refractivity contribution in [2.75, 3.05) is 11.9 Å². The van der Waals surface area contributed by atoms with E-state index in [1.165, 1.54) is 29.0 Å². The highest BCUT2D eigenvalue weighted by atomic mass is 19.1. The second-order valence-electron chi connectivity index (χ2n) is 7.97. The third-order valence-corrected chi connectivity index (χ3v) is 5.78. The fourth-order valence-corrected chi connectivity index (χ4v) is 3.95. The molecule has 1 aliphatic heterocycles. The molecule has 0 aliphatic carbocycles. The summed E-state index contributed by atoms with van der Waals surface area (Å²) >= 11 is 0. The zero-order valence-corrected chi connectivity index (χ0v) is 17.6. The summed E-state index contributed by atoms with van der Waals surface area (Å²) in [4.78, 5) is 16.9. The summed E-state index contributed by atoms with van der Waals surface area (Å²) in [6.07, 6.45) is -2.71. The van der Waals surface area contributed by atoms with Crippen LogP contribution in [-0.2, 0) is 21.6 Å². The van der Waals surface area contributed by atoms with Crippen LogP contribution in [0, 0.1) is 23.1 Å². The van der Waals surface area contributed by atoms with Crippen LogP contribution in [-0.4, -0.2) is 60.7 Å². The number of amides is 1. The van der Waals surface area contributed by atoms with Gasteiger partial charge >= 0.3 is 0 Å². The van der Waals surface area contributed by atoms with Gasteiger partial charge in [0.05, 0.1) is 12.3 Å². The molecular formula is C22H22FN5O5. The first kappa shape index (κ1) is 22.8. The van der Waals surface area contributed by atoms with Crippen LogP contribution in [0.3, 0.4) is 0 Å². The predicted molar refractivity (Wildman–Crippen MR) is 112 cm³/mol. The van der Waals surface area contributed by atoms with Gasteiger partial charge in [0.15, 0.2) is 5.82 Å². The van der Waals surface area contributed by atoms with Gasteiger partial charge in [-0.2, -0.15) is 10.4 Å². The number of nitrogens with one attached hydrogen (secondary N) is 1. The summed E-state index contributed by atoms with van der Waals surface area (Å²) in [5.74, 6) is -0.962. The highest BCUT2D eigenvalue weighted by Gasteiger charge is 2.57. The molecule has 1 aromatic carbocycles. The standard InChI is InChI=1S/C22H22FN5O5/c1-12(8-13-2-4-14(23)5-3-13)21(32)27-20-15-6-7-17(28(15)26-11-25-20)22(10-24)19(31)18(30)16(9-29)33-22/h2-7,11-12,16,18-19,29-31H,8-9H2,1H3,(H,25,26,27,32)/t12-,16+,18+,19+,22-/m0/s1. The van der Waals surface area contributed by atoms with E-state index < -0.39 is 36.4 Å². The molecule has 1 saturated heterocycles. The number of fused-ring (bicyclic) bond motifs is 1. The molecule has 0 bridgehead atoms. The Morgan fingerprint density at radius 2 is 2.06 bits per heavy atom. The minimum absolute atomic E-state index is 0.111. The van der Waals surface area contributed by atoms with Gasteiger partial charge in [0.25, 0.3) is 0 Å². The number of nitrogens with zero attached hydrogens (tertiary/aromatic N) is 4. The summed E-state index contributed by atoms with van der Waals surface area (Å²) < 4.78 is 19.9. The first-order valence-electron chi connectivity index (χ1n) is 10.2. The summed E-state index contributed by atoms with van der Waals surface area (Å²) in [7, 11) is 0. The Kier molecular flexibility index (Phi) is 6.09. The normalized spacial score (nSPS) is 25.6. The molecule has 4 rings (SSSR count). The SMILES string of the molecule is C[C@@H](Cc1ccc(F)cc1)C(=O)Nc1ncnn2c([C@]3(C#N)O[C@H](CO)[C@@H](O)[C@H]3O)ccc12. The minimum atomic E-state index is -1.98. The zero-order chi connectivity index (χ0) is 23.8. The van der Waals surface area contributed by atoms with E-state index in [0.29, 0.717) is 11.9 Å². The molecule has 33 heavy (non-hydrogen) atoms. The third kappa shape index (κ3) is 3.94. The first-order chi connectivity index (χ1) is 15.8. The van der Waals surface area contributed by atoms with Crippen molar-refractivity contribution < 1.29 is 29.2 Å². The number of hydrogen-bond acceptors (Lipinski definition) is 8. The van der Waals surface area contributed by atoms with Crippen molar-refractivity contribution >= 4 is 17.2 Å². The molecule has 0 radical (unpaired) electrons. The number of aromatic nitrogens is 3. The van der Waals surface area contributed by atoms with E-state index in [0.717, 1.165) is 5.56 Å². The van der Waals surface area contributed by atoms with E-state index in [2.05, 4.69) is 15.4 Å². The molecule has 11 heteroatoms. The molecule has 1 aliphatic rings. The van der Waals surface area contributed by atoms with Crippen molar-refractivity contribution in [1.29, 1.82) is 5.26 Å². The van der Waals surface area contributed by atoms with Gasteiger partial charge < -0.3 is 25.4 Å². The first-order valence-corrected chi connectivity index (χ1v) is 10.2. The lowest BCUT2D eigenvalue weighted by molar-refractivity contribution is -0.119. The van der Waals surface area contributed by atoms with Gasteiger partial charge in [-0.25, -0.2) is 13.9 Å². The van der Waals surface area contributed by atoms with Gasteiger partial charge in [-0.05, 0) is 36.2 Å². The van der Waals surface area contributed by atoms with Crippen molar-refractivity contribution in [1.82, 2.24) is 14.6 Å². The van der Waals surface area contributed by atoms with E-state index in [9.17, 15) is 29.8 Å². The Morgan fingerprint density at radius 3 is 2.70 bits per heavy atom. The van der Waals surface area contributed by atoms with E-state index in [4.69, 9.17) is 4.74 Å². The molecule has 10 nitrogen and oxygen atoms in total. The van der Waals surface area contributed by atoms with Crippen LogP contribution in [0.5, 0.6) is 0 Å². The Balaban J connectivity index is 1.61. The van der Waals surface area contributed by atoms with E-state index >= 15 is 0 Å². The van der Waals surface area contributed by atoms with Gasteiger partial charge in [-0.3, -0.25) is 4.79 Å². The predicted octanol–water partition coefficient (Wildman–Crippen LogP) is 0.517. The fraction of sp³-hybridized carbons (Fsp3) is 0.364. The smallest absolute Gasteiger partial charge is 0.228 e. The number of carbonyl (C=O) groups is 1. The topological polar surface area (TPSA) is 153 Å². The minimum Gasteiger partial charge on any atom is -0.394 e. The maximum Gasteiger partial charge on any atom is 0.228 e. The number of rotatable bonds is 6. The van der Waals surface area contributed by atoms with Gasteiger partial charge in [0.1, 0.15) is 42.0 Å². The fourth-order valence-electron chi connectivity index (χ4n) is 3.95. The van der Waals surface area contributed by atoms with Crippen LogP contribution >= 0.6 is 0 Å². The van der Waals surface area contributed by atoms with Crippen LogP contribution in [0.2, 0.25) is 0 Å². The van der Waals surface area contributed by atoms with Crippen molar-refractivity contribution in [2.45, 2.75) is 37.3 Å². The lowest BCUT2D eigenvalue weighted by Crippen LogP contribution is -2.41. The van der Waals surface area contributed by atoms with Crippen LogP contribution in [0.4, 0.5) is 10.2 Å². The van der Waals surface area contributed by atoms with E-state index in [1.807, 2.05) is 6.07 Å². The van der Waals surface area contributed by atoms with Gasteiger partial charge in [0, 0.05) is 5.92 Å². The van der Waals surface area contributed by atoms with Crippen LogP contribution in [0.15, 0.2) is 42.7 Å². The summed E-state index contributed by atoms with van der Waals surface area (Å²) in [6, 6.07) is 10.8. The Morgan fingerprint density at radius 1 is 1.33 bits per heavy atom. The summed E-state index contributed by atoms with van der Waals surface area (Å²) in [5.41, 5.74) is -0.732. The van der Waals surface area contributed by atoms with E-state index in [1.54, 1.807) is 25.1 Å². The molecule has 3 aromatic rings. The maximum absolute atomic E-state index is 13.1. The zero-order valence-electron chi connectivity index (χ0n) is 17.6. The number of benzene rings is 1. The summed E-state index contributed by atoms with van der Waals surface area (Å²) in [5, 5.41) is 46.7. The Bertz CT molecular complexity index is 1210. The maximum atomic E-state index is 13.1. The van der Waals surface area contributed by atoms with Crippen molar-refractivity contribution in [3.63, 3.8) is 0 Å². The van der Waals surface area contributed by atoms with Crippen LogP contribution < -0.4 is 5.32 Å².